The van der Waals surface area contributed by atoms with Crippen molar-refractivity contribution in [3.8, 4) is 0 Å². The molecule has 5 nitrogen and oxygen atoms in total. The Balaban J connectivity index is 1.56. The molecule has 0 aromatic heterocycles. The Morgan fingerprint density at radius 1 is 1.17 bits per heavy atom. The average molecular weight is 315 g/mol. The zero-order valence-corrected chi connectivity index (χ0v) is 13.5. The minimum Gasteiger partial charge on any atom is -0.369 e. The Morgan fingerprint density at radius 3 is 2.65 bits per heavy atom. The molecule has 124 valence electrons. The lowest BCUT2D eigenvalue weighted by Crippen LogP contribution is -2.47. The van der Waals surface area contributed by atoms with Gasteiger partial charge in [-0.05, 0) is 43.2 Å². The Labute approximate surface area is 137 Å². The molecule has 3 rings (SSSR count). The number of rotatable bonds is 4. The van der Waals surface area contributed by atoms with Gasteiger partial charge in [-0.3, -0.25) is 14.5 Å². The van der Waals surface area contributed by atoms with Crippen LogP contribution in [0.2, 0.25) is 0 Å². The molecular formula is C18H25N3O2. The van der Waals surface area contributed by atoms with Crippen molar-refractivity contribution in [1.82, 2.24) is 10.2 Å². The molecule has 0 saturated carbocycles. The number of aryl methyl sites for hydroxylation is 1. The van der Waals surface area contributed by atoms with Gasteiger partial charge in [0.1, 0.15) is 0 Å². The summed E-state index contributed by atoms with van der Waals surface area (Å²) in [6.45, 7) is 1.95. The largest absolute Gasteiger partial charge is 0.369 e. The second kappa shape index (κ2) is 7.13. The van der Waals surface area contributed by atoms with Gasteiger partial charge >= 0.3 is 0 Å². The molecule has 5 heteroatoms. The van der Waals surface area contributed by atoms with Gasteiger partial charge in [0, 0.05) is 19.1 Å². The van der Waals surface area contributed by atoms with E-state index in [0.29, 0.717) is 6.54 Å². The van der Waals surface area contributed by atoms with Gasteiger partial charge in [-0.1, -0.05) is 24.3 Å². The number of nitrogens with two attached hydrogens (primary N) is 1. The van der Waals surface area contributed by atoms with E-state index in [1.165, 1.54) is 11.1 Å². The Morgan fingerprint density at radius 2 is 1.91 bits per heavy atom. The summed E-state index contributed by atoms with van der Waals surface area (Å²) >= 11 is 0. The van der Waals surface area contributed by atoms with Crippen LogP contribution in [0.3, 0.4) is 0 Å². The summed E-state index contributed by atoms with van der Waals surface area (Å²) in [4.78, 5) is 25.7. The van der Waals surface area contributed by atoms with Crippen LogP contribution in [-0.4, -0.2) is 42.4 Å². The molecule has 1 aliphatic carbocycles. The monoisotopic (exact) mass is 315 g/mol. The zero-order valence-electron chi connectivity index (χ0n) is 13.5. The molecule has 1 atom stereocenters. The first-order chi connectivity index (χ1) is 11.1. The SMILES string of the molecule is NC(=O)CN1CCC(NC(=O)C2CCCc3ccccc32)CC1. The van der Waals surface area contributed by atoms with E-state index in [1.807, 2.05) is 12.1 Å². The molecule has 0 bridgehead atoms. The summed E-state index contributed by atoms with van der Waals surface area (Å²) in [6.07, 6.45) is 4.85. The van der Waals surface area contributed by atoms with Crippen LogP contribution in [0.5, 0.6) is 0 Å². The van der Waals surface area contributed by atoms with Crippen molar-refractivity contribution < 1.29 is 9.59 Å². The summed E-state index contributed by atoms with van der Waals surface area (Å²) in [7, 11) is 0. The van der Waals surface area contributed by atoms with Crippen molar-refractivity contribution in [2.24, 2.45) is 5.73 Å². The third-order valence-electron chi connectivity index (χ3n) is 5.00. The fourth-order valence-electron chi connectivity index (χ4n) is 3.78. The molecule has 1 aliphatic heterocycles. The lowest BCUT2D eigenvalue weighted by Gasteiger charge is -2.33. The number of primary amides is 1. The van der Waals surface area contributed by atoms with Crippen LogP contribution in [0.15, 0.2) is 24.3 Å². The normalized spacial score (nSPS) is 22.3. The molecular weight excluding hydrogens is 290 g/mol. The highest BCUT2D eigenvalue weighted by Gasteiger charge is 2.29. The standard InChI is InChI=1S/C18H25N3O2/c19-17(22)12-21-10-8-14(9-11-21)20-18(23)16-7-3-5-13-4-1-2-6-15(13)16/h1-2,4,6,14,16H,3,5,7-12H2,(H2,19,22)(H,20,23). The van der Waals surface area contributed by atoms with E-state index in [9.17, 15) is 9.59 Å². The van der Waals surface area contributed by atoms with E-state index in [1.54, 1.807) is 0 Å². The quantitative estimate of drug-likeness (QED) is 0.876. The predicted octanol–water partition coefficient (Wildman–Crippen LogP) is 1.17. The molecule has 0 spiro atoms. The fourth-order valence-corrected chi connectivity index (χ4v) is 3.78. The molecule has 1 heterocycles. The van der Waals surface area contributed by atoms with E-state index in [-0.39, 0.29) is 23.8 Å². The number of piperidine rings is 1. The number of amides is 2. The summed E-state index contributed by atoms with van der Waals surface area (Å²) in [5.74, 6) is -0.139. The molecule has 1 fully saturated rings. The topological polar surface area (TPSA) is 75.4 Å². The molecule has 3 N–H and O–H groups in total. The van der Waals surface area contributed by atoms with Gasteiger partial charge in [0.2, 0.25) is 11.8 Å². The molecule has 1 aromatic carbocycles. The highest BCUT2D eigenvalue weighted by molar-refractivity contribution is 5.84. The first kappa shape index (κ1) is 16.0. The second-order valence-electron chi connectivity index (χ2n) is 6.67. The minimum absolute atomic E-state index is 0.0106. The van der Waals surface area contributed by atoms with Crippen LogP contribution in [-0.2, 0) is 16.0 Å². The van der Waals surface area contributed by atoms with E-state index in [4.69, 9.17) is 5.73 Å². The summed E-state index contributed by atoms with van der Waals surface area (Å²) < 4.78 is 0. The van der Waals surface area contributed by atoms with Crippen molar-refractivity contribution in [2.75, 3.05) is 19.6 Å². The number of benzene rings is 1. The van der Waals surface area contributed by atoms with Gasteiger partial charge in [-0.25, -0.2) is 0 Å². The van der Waals surface area contributed by atoms with Gasteiger partial charge in [0.25, 0.3) is 0 Å². The molecule has 2 aliphatic rings. The van der Waals surface area contributed by atoms with Crippen LogP contribution in [0.1, 0.15) is 42.7 Å². The number of hydrogen-bond acceptors (Lipinski definition) is 3. The molecule has 1 aromatic rings. The van der Waals surface area contributed by atoms with Crippen molar-refractivity contribution in [1.29, 1.82) is 0 Å². The number of nitrogens with zero attached hydrogens (tertiary/aromatic N) is 1. The Hall–Kier alpha value is -1.88. The van der Waals surface area contributed by atoms with Crippen LogP contribution in [0.25, 0.3) is 0 Å². The van der Waals surface area contributed by atoms with Crippen LogP contribution >= 0.6 is 0 Å². The highest BCUT2D eigenvalue weighted by Crippen LogP contribution is 2.31. The van der Waals surface area contributed by atoms with Gasteiger partial charge in [0.15, 0.2) is 0 Å². The van der Waals surface area contributed by atoms with Crippen molar-refractivity contribution >= 4 is 11.8 Å². The maximum Gasteiger partial charge on any atom is 0.231 e. The number of hydrogen-bond donors (Lipinski definition) is 2. The number of fused-ring (bicyclic) bond motifs is 1. The molecule has 23 heavy (non-hydrogen) atoms. The maximum atomic E-state index is 12.7. The Bertz CT molecular complexity index is 579. The fraction of sp³-hybridized carbons (Fsp3) is 0.556. The minimum atomic E-state index is -0.286. The van der Waals surface area contributed by atoms with Crippen LogP contribution in [0, 0.1) is 0 Å². The maximum absolute atomic E-state index is 12.7. The lowest BCUT2D eigenvalue weighted by atomic mass is 9.82. The zero-order chi connectivity index (χ0) is 16.2. The second-order valence-corrected chi connectivity index (χ2v) is 6.67. The lowest BCUT2D eigenvalue weighted by molar-refractivity contribution is -0.124. The highest BCUT2D eigenvalue weighted by atomic mass is 16.2. The Kier molecular flexibility index (Phi) is 4.96. The number of carbonyl (C=O) groups excluding carboxylic acids is 2. The van der Waals surface area contributed by atoms with Gasteiger partial charge < -0.3 is 11.1 Å². The molecule has 1 unspecified atom stereocenters. The van der Waals surface area contributed by atoms with Crippen molar-refractivity contribution in [3.05, 3.63) is 35.4 Å². The number of carbonyl (C=O) groups is 2. The van der Waals surface area contributed by atoms with Crippen LogP contribution in [0.4, 0.5) is 0 Å². The van der Waals surface area contributed by atoms with Gasteiger partial charge in [0.05, 0.1) is 12.5 Å². The summed E-state index contributed by atoms with van der Waals surface area (Å²) in [5.41, 5.74) is 7.74. The number of likely N-dealkylation sites (tertiary alicyclic amines) is 1. The van der Waals surface area contributed by atoms with Crippen molar-refractivity contribution in [3.63, 3.8) is 0 Å². The smallest absolute Gasteiger partial charge is 0.231 e. The molecule has 0 radical (unpaired) electrons. The van der Waals surface area contributed by atoms with Gasteiger partial charge in [-0.15, -0.1) is 0 Å². The summed E-state index contributed by atoms with van der Waals surface area (Å²) in [5, 5.41) is 3.22. The molecule has 2 amide bonds. The third kappa shape index (κ3) is 3.91. The van der Waals surface area contributed by atoms with E-state index in [2.05, 4.69) is 22.3 Å². The van der Waals surface area contributed by atoms with E-state index >= 15 is 0 Å². The molecule has 1 saturated heterocycles. The third-order valence-corrected chi connectivity index (χ3v) is 5.00. The van der Waals surface area contributed by atoms with Gasteiger partial charge in [-0.2, -0.15) is 0 Å². The van der Waals surface area contributed by atoms with Crippen molar-refractivity contribution in [2.45, 2.75) is 44.1 Å². The summed E-state index contributed by atoms with van der Waals surface area (Å²) in [6, 6.07) is 8.51. The first-order valence-corrected chi connectivity index (χ1v) is 8.52. The number of nitrogens with one attached hydrogen (secondary N) is 1. The first-order valence-electron chi connectivity index (χ1n) is 8.52. The predicted molar refractivity (Wildman–Crippen MR) is 88.9 cm³/mol. The average Bonchev–Trinajstić information content (AvgIpc) is 2.55. The van der Waals surface area contributed by atoms with E-state index in [0.717, 1.165) is 45.2 Å². The van der Waals surface area contributed by atoms with Crippen LogP contribution < -0.4 is 11.1 Å². The van der Waals surface area contributed by atoms with E-state index < -0.39 is 0 Å².